The molecule has 1 aliphatic rings. The number of aromatic nitrogens is 2. The highest BCUT2D eigenvalue weighted by Gasteiger charge is 2.26. The van der Waals surface area contributed by atoms with E-state index in [1.165, 1.54) is 5.56 Å². The Morgan fingerprint density at radius 2 is 2.16 bits per heavy atom. The molecule has 0 bridgehead atoms. The zero-order chi connectivity index (χ0) is 13.6. The first-order valence-corrected chi connectivity index (χ1v) is 6.48. The van der Waals surface area contributed by atoms with Crippen molar-refractivity contribution in [1.29, 1.82) is 0 Å². The second-order valence-electron chi connectivity index (χ2n) is 5.12. The summed E-state index contributed by atoms with van der Waals surface area (Å²) in [6.07, 6.45) is 1.95. The number of fused-ring (bicyclic) bond motifs is 1. The molecule has 0 amide bonds. The minimum absolute atomic E-state index is 0.182. The van der Waals surface area contributed by atoms with Gasteiger partial charge in [-0.25, -0.2) is 4.79 Å². The van der Waals surface area contributed by atoms with Crippen molar-refractivity contribution in [1.82, 2.24) is 9.78 Å². The molecule has 0 radical (unpaired) electrons. The van der Waals surface area contributed by atoms with Gasteiger partial charge in [0.2, 0.25) is 0 Å². The third-order valence-electron chi connectivity index (χ3n) is 3.69. The summed E-state index contributed by atoms with van der Waals surface area (Å²) >= 11 is 0. The van der Waals surface area contributed by atoms with E-state index in [0.29, 0.717) is 0 Å². The molecule has 98 valence electrons. The Hall–Kier alpha value is -2.10. The van der Waals surface area contributed by atoms with Crippen molar-refractivity contribution in [3.63, 3.8) is 0 Å². The molecule has 2 aromatic rings. The summed E-state index contributed by atoms with van der Waals surface area (Å²) in [5.74, 6) is -0.947. The van der Waals surface area contributed by atoms with E-state index in [2.05, 4.69) is 11.2 Å². The van der Waals surface area contributed by atoms with E-state index in [4.69, 9.17) is 0 Å². The number of aromatic carboxylic acids is 1. The number of nitrogens with zero attached hydrogens (tertiary/aromatic N) is 2. The molecular formula is C15H16N2O2. The molecule has 2 heterocycles. The van der Waals surface area contributed by atoms with Crippen LogP contribution in [0, 0.1) is 13.8 Å². The fourth-order valence-corrected chi connectivity index (χ4v) is 2.86. The number of carboxylic acids is 1. The monoisotopic (exact) mass is 256 g/mol. The zero-order valence-electron chi connectivity index (χ0n) is 11.1. The van der Waals surface area contributed by atoms with Crippen molar-refractivity contribution >= 4 is 5.97 Å². The molecule has 0 aliphatic carbocycles. The van der Waals surface area contributed by atoms with Gasteiger partial charge in [-0.05, 0) is 37.8 Å². The summed E-state index contributed by atoms with van der Waals surface area (Å²) in [5, 5.41) is 13.6. The van der Waals surface area contributed by atoms with E-state index in [1.807, 2.05) is 30.7 Å². The Morgan fingerprint density at radius 1 is 1.37 bits per heavy atom. The second kappa shape index (κ2) is 4.23. The largest absolute Gasteiger partial charge is 0.476 e. The van der Waals surface area contributed by atoms with E-state index < -0.39 is 5.97 Å². The first kappa shape index (κ1) is 12.0. The molecule has 4 nitrogen and oxygen atoms in total. The third-order valence-corrected chi connectivity index (χ3v) is 3.69. The molecule has 1 aliphatic heterocycles. The third kappa shape index (κ3) is 1.84. The van der Waals surface area contributed by atoms with Gasteiger partial charge in [0.25, 0.3) is 0 Å². The van der Waals surface area contributed by atoms with Crippen LogP contribution < -0.4 is 0 Å². The van der Waals surface area contributed by atoms with Crippen LogP contribution in [0.1, 0.15) is 33.7 Å². The summed E-state index contributed by atoms with van der Waals surface area (Å²) in [6, 6.07) is 6.11. The van der Waals surface area contributed by atoms with Gasteiger partial charge in [0.05, 0.1) is 0 Å². The van der Waals surface area contributed by atoms with E-state index in [0.717, 1.165) is 41.8 Å². The number of carboxylic acid groups (broad SMARTS) is 1. The lowest BCUT2D eigenvalue weighted by Crippen LogP contribution is -2.02. The number of aryl methyl sites for hydroxylation is 3. The lowest BCUT2D eigenvalue weighted by molar-refractivity contribution is 0.0690. The maximum Gasteiger partial charge on any atom is 0.357 e. The van der Waals surface area contributed by atoms with Gasteiger partial charge in [0.15, 0.2) is 5.69 Å². The van der Waals surface area contributed by atoms with E-state index in [1.54, 1.807) is 0 Å². The molecule has 1 aromatic carbocycles. The number of carbonyl (C=O) groups is 1. The Bertz CT molecular complexity index is 671. The van der Waals surface area contributed by atoms with Crippen LogP contribution >= 0.6 is 0 Å². The molecule has 1 aromatic heterocycles. The SMILES string of the molecule is Cc1ccc(-c2c(C(=O)O)nn3c2CCC3)c(C)c1. The van der Waals surface area contributed by atoms with Crippen LogP contribution in [-0.2, 0) is 13.0 Å². The standard InChI is InChI=1S/C15H16N2O2/c1-9-5-6-11(10(2)8-9)13-12-4-3-7-17(12)16-14(13)15(18)19/h5-6,8H,3-4,7H2,1-2H3,(H,18,19). The number of hydrogen-bond acceptors (Lipinski definition) is 2. The maximum absolute atomic E-state index is 11.4. The van der Waals surface area contributed by atoms with Gasteiger partial charge in [-0.3, -0.25) is 4.68 Å². The predicted octanol–water partition coefficient (Wildman–Crippen LogP) is 2.81. The Morgan fingerprint density at radius 3 is 2.84 bits per heavy atom. The molecule has 1 N–H and O–H groups in total. The van der Waals surface area contributed by atoms with Gasteiger partial charge in [-0.2, -0.15) is 5.10 Å². The Kier molecular flexibility index (Phi) is 2.66. The van der Waals surface area contributed by atoms with Crippen molar-refractivity contribution in [3.05, 3.63) is 40.7 Å². The van der Waals surface area contributed by atoms with Gasteiger partial charge in [-0.1, -0.05) is 23.8 Å². The highest BCUT2D eigenvalue weighted by atomic mass is 16.4. The number of hydrogen-bond donors (Lipinski definition) is 1. The van der Waals surface area contributed by atoms with Crippen molar-refractivity contribution in [3.8, 4) is 11.1 Å². The summed E-state index contributed by atoms with van der Waals surface area (Å²) < 4.78 is 1.85. The molecule has 0 atom stereocenters. The zero-order valence-corrected chi connectivity index (χ0v) is 11.1. The molecule has 0 unspecified atom stereocenters. The second-order valence-corrected chi connectivity index (χ2v) is 5.12. The van der Waals surface area contributed by atoms with Crippen molar-refractivity contribution < 1.29 is 9.90 Å². The summed E-state index contributed by atoms with van der Waals surface area (Å²) in [6.45, 7) is 4.88. The fraction of sp³-hybridized carbons (Fsp3) is 0.333. The summed E-state index contributed by atoms with van der Waals surface area (Å²) in [5.41, 5.74) is 5.33. The molecule has 0 saturated carbocycles. The van der Waals surface area contributed by atoms with Crippen molar-refractivity contribution in [2.24, 2.45) is 0 Å². The van der Waals surface area contributed by atoms with E-state index in [9.17, 15) is 9.90 Å². The normalized spacial score (nSPS) is 13.6. The van der Waals surface area contributed by atoms with Crippen LogP contribution in [0.15, 0.2) is 18.2 Å². The molecule has 0 spiro atoms. The van der Waals surface area contributed by atoms with Gasteiger partial charge < -0.3 is 5.11 Å². The average Bonchev–Trinajstić information content (AvgIpc) is 2.89. The first-order valence-electron chi connectivity index (χ1n) is 6.48. The maximum atomic E-state index is 11.4. The van der Waals surface area contributed by atoms with Crippen LogP contribution in [0.25, 0.3) is 11.1 Å². The topological polar surface area (TPSA) is 55.1 Å². The summed E-state index contributed by atoms with van der Waals surface area (Å²) in [7, 11) is 0. The quantitative estimate of drug-likeness (QED) is 0.898. The molecule has 19 heavy (non-hydrogen) atoms. The Labute approximate surface area is 111 Å². The molecule has 4 heteroatoms. The lowest BCUT2D eigenvalue weighted by Gasteiger charge is -2.08. The van der Waals surface area contributed by atoms with Crippen molar-refractivity contribution in [2.75, 3.05) is 0 Å². The molecule has 3 rings (SSSR count). The van der Waals surface area contributed by atoms with E-state index in [-0.39, 0.29) is 5.69 Å². The fourth-order valence-electron chi connectivity index (χ4n) is 2.86. The average molecular weight is 256 g/mol. The smallest absolute Gasteiger partial charge is 0.357 e. The highest BCUT2D eigenvalue weighted by Crippen LogP contribution is 2.34. The minimum Gasteiger partial charge on any atom is -0.476 e. The van der Waals surface area contributed by atoms with Gasteiger partial charge in [0, 0.05) is 17.8 Å². The Balaban J connectivity index is 2.26. The summed E-state index contributed by atoms with van der Waals surface area (Å²) in [4.78, 5) is 11.4. The predicted molar refractivity (Wildman–Crippen MR) is 72.4 cm³/mol. The molecule has 0 fully saturated rings. The van der Waals surface area contributed by atoms with Crippen LogP contribution in [-0.4, -0.2) is 20.9 Å². The van der Waals surface area contributed by atoms with Crippen LogP contribution in [0.2, 0.25) is 0 Å². The molecule has 0 saturated heterocycles. The molecular weight excluding hydrogens is 240 g/mol. The van der Waals surface area contributed by atoms with Gasteiger partial charge >= 0.3 is 5.97 Å². The van der Waals surface area contributed by atoms with Gasteiger partial charge in [-0.15, -0.1) is 0 Å². The van der Waals surface area contributed by atoms with Gasteiger partial charge in [0.1, 0.15) is 0 Å². The van der Waals surface area contributed by atoms with Crippen LogP contribution in [0.5, 0.6) is 0 Å². The van der Waals surface area contributed by atoms with Crippen LogP contribution in [0.4, 0.5) is 0 Å². The number of rotatable bonds is 2. The van der Waals surface area contributed by atoms with Crippen LogP contribution in [0.3, 0.4) is 0 Å². The highest BCUT2D eigenvalue weighted by molar-refractivity contribution is 5.95. The lowest BCUT2D eigenvalue weighted by atomic mass is 9.96. The first-order chi connectivity index (χ1) is 9.08. The van der Waals surface area contributed by atoms with Crippen molar-refractivity contribution in [2.45, 2.75) is 33.2 Å². The van der Waals surface area contributed by atoms with E-state index >= 15 is 0 Å². The minimum atomic E-state index is -0.947. The number of benzene rings is 1.